The summed E-state index contributed by atoms with van der Waals surface area (Å²) >= 11 is 1.77. The summed E-state index contributed by atoms with van der Waals surface area (Å²) in [6.45, 7) is 12.3. The monoisotopic (exact) mass is 292 g/mol. The fourth-order valence-electron chi connectivity index (χ4n) is 3.08. The van der Waals surface area contributed by atoms with Crippen LogP contribution in [0.3, 0.4) is 0 Å². The lowest BCUT2D eigenvalue weighted by molar-refractivity contribution is 0.338. The van der Waals surface area contributed by atoms with Gasteiger partial charge in [0.05, 0.1) is 11.4 Å². The van der Waals surface area contributed by atoms with E-state index in [2.05, 4.69) is 46.6 Å². The van der Waals surface area contributed by atoms with E-state index in [1.165, 1.54) is 36.6 Å². The van der Waals surface area contributed by atoms with E-state index in [1.807, 2.05) is 0 Å². The Morgan fingerprint density at radius 2 is 2.30 bits per heavy atom. The summed E-state index contributed by atoms with van der Waals surface area (Å²) in [5.41, 5.74) is 2.47. The average molecular weight is 292 g/mol. The zero-order valence-corrected chi connectivity index (χ0v) is 13.5. The minimum atomic E-state index is 0.808. The van der Waals surface area contributed by atoms with Crippen LogP contribution in [0.1, 0.15) is 29.6 Å². The average Bonchev–Trinajstić information content (AvgIpc) is 3.07. The van der Waals surface area contributed by atoms with Gasteiger partial charge in [0.25, 0.3) is 0 Å². The second-order valence-electron chi connectivity index (χ2n) is 5.82. The smallest absolute Gasteiger partial charge is 0.194 e. The number of nitrogens with zero attached hydrogens (tertiary/aromatic N) is 3. The highest BCUT2D eigenvalue weighted by molar-refractivity contribution is 7.17. The first-order chi connectivity index (χ1) is 9.67. The first-order valence-corrected chi connectivity index (χ1v) is 8.36. The van der Waals surface area contributed by atoms with Gasteiger partial charge in [-0.05, 0) is 45.8 Å². The van der Waals surface area contributed by atoms with Crippen molar-refractivity contribution in [2.24, 2.45) is 5.92 Å². The van der Waals surface area contributed by atoms with E-state index < -0.39 is 0 Å². The van der Waals surface area contributed by atoms with Gasteiger partial charge in [-0.15, -0.1) is 11.3 Å². The molecule has 1 aliphatic heterocycles. The summed E-state index contributed by atoms with van der Waals surface area (Å²) in [5, 5.41) is 3.63. The first kappa shape index (κ1) is 14.0. The molecule has 0 amide bonds. The van der Waals surface area contributed by atoms with E-state index in [0.717, 1.165) is 29.7 Å². The molecular weight excluding hydrogens is 268 g/mol. The molecule has 1 N–H and O–H groups in total. The van der Waals surface area contributed by atoms with Crippen LogP contribution < -0.4 is 5.32 Å². The summed E-state index contributed by atoms with van der Waals surface area (Å²) in [7, 11) is 0. The molecule has 1 atom stereocenters. The summed E-state index contributed by atoms with van der Waals surface area (Å²) in [6.07, 6.45) is 3.53. The maximum Gasteiger partial charge on any atom is 0.194 e. The number of nitrogens with one attached hydrogen (secondary N) is 1. The molecule has 1 aliphatic rings. The number of aromatic nitrogens is 2. The summed E-state index contributed by atoms with van der Waals surface area (Å²) in [6, 6.07) is 0. The van der Waals surface area contributed by atoms with Gasteiger partial charge in [0.15, 0.2) is 4.96 Å². The van der Waals surface area contributed by atoms with Crippen molar-refractivity contribution in [3.05, 3.63) is 22.5 Å². The van der Waals surface area contributed by atoms with E-state index >= 15 is 0 Å². The molecule has 110 valence electrons. The number of likely N-dealkylation sites (tertiary alicyclic amines) is 1. The lowest BCUT2D eigenvalue weighted by Gasteiger charge is -2.13. The number of aryl methyl sites for hydroxylation is 2. The van der Waals surface area contributed by atoms with Gasteiger partial charge >= 0.3 is 0 Å². The van der Waals surface area contributed by atoms with Gasteiger partial charge in [0.2, 0.25) is 0 Å². The second kappa shape index (κ2) is 5.84. The highest BCUT2D eigenvalue weighted by atomic mass is 32.1. The van der Waals surface area contributed by atoms with Gasteiger partial charge in [-0.25, -0.2) is 4.98 Å². The normalized spacial score (nSPS) is 20.2. The Balaban J connectivity index is 1.58. The quantitative estimate of drug-likeness (QED) is 0.919. The molecule has 3 heterocycles. The molecule has 0 radical (unpaired) electrons. The third-order valence-corrected chi connectivity index (χ3v) is 5.18. The highest BCUT2D eigenvalue weighted by Gasteiger charge is 2.20. The molecule has 3 rings (SSSR count). The molecule has 20 heavy (non-hydrogen) atoms. The van der Waals surface area contributed by atoms with Crippen molar-refractivity contribution in [2.45, 2.75) is 33.7 Å². The van der Waals surface area contributed by atoms with Crippen LogP contribution in [0, 0.1) is 19.8 Å². The van der Waals surface area contributed by atoms with Gasteiger partial charge in [-0.2, -0.15) is 0 Å². The van der Waals surface area contributed by atoms with Crippen molar-refractivity contribution < 1.29 is 0 Å². The Labute approximate surface area is 124 Å². The fourth-order valence-corrected chi connectivity index (χ4v) is 3.97. The van der Waals surface area contributed by atoms with Gasteiger partial charge in [-0.3, -0.25) is 4.40 Å². The van der Waals surface area contributed by atoms with Crippen molar-refractivity contribution in [3.8, 4) is 0 Å². The Kier molecular flexibility index (Phi) is 4.10. The van der Waals surface area contributed by atoms with Crippen LogP contribution >= 0.6 is 11.3 Å². The number of fused-ring (bicyclic) bond motifs is 1. The van der Waals surface area contributed by atoms with Crippen molar-refractivity contribution in [1.82, 2.24) is 19.6 Å². The van der Waals surface area contributed by atoms with Crippen molar-refractivity contribution in [1.29, 1.82) is 0 Å². The van der Waals surface area contributed by atoms with Crippen molar-refractivity contribution in [3.63, 3.8) is 0 Å². The molecule has 0 saturated carbocycles. The molecule has 1 saturated heterocycles. The van der Waals surface area contributed by atoms with Crippen molar-refractivity contribution in [2.75, 3.05) is 26.2 Å². The molecule has 1 fully saturated rings. The number of hydrogen-bond donors (Lipinski definition) is 1. The maximum atomic E-state index is 4.64. The number of imidazole rings is 1. The molecule has 0 aromatic carbocycles. The van der Waals surface area contributed by atoms with E-state index in [-0.39, 0.29) is 0 Å². The number of thiazole rings is 1. The van der Waals surface area contributed by atoms with Crippen LogP contribution in [-0.4, -0.2) is 40.5 Å². The van der Waals surface area contributed by atoms with Gasteiger partial charge in [0, 0.05) is 24.2 Å². The fraction of sp³-hybridized carbons (Fsp3) is 0.667. The van der Waals surface area contributed by atoms with E-state index in [9.17, 15) is 0 Å². The Morgan fingerprint density at radius 1 is 1.45 bits per heavy atom. The zero-order chi connectivity index (χ0) is 14.1. The van der Waals surface area contributed by atoms with Gasteiger partial charge in [-0.1, -0.05) is 6.92 Å². The van der Waals surface area contributed by atoms with E-state index in [0.29, 0.717) is 0 Å². The lowest BCUT2D eigenvalue weighted by Crippen LogP contribution is -2.26. The van der Waals surface area contributed by atoms with Crippen LogP contribution in [0.2, 0.25) is 0 Å². The minimum Gasteiger partial charge on any atom is -0.311 e. The summed E-state index contributed by atoms with van der Waals surface area (Å²) in [4.78, 5) is 9.62. The molecule has 0 bridgehead atoms. The molecular formula is C15H24N4S. The lowest BCUT2D eigenvalue weighted by atomic mass is 10.1. The molecule has 2 aromatic heterocycles. The maximum absolute atomic E-state index is 4.64. The second-order valence-corrected chi connectivity index (χ2v) is 7.03. The predicted molar refractivity (Wildman–Crippen MR) is 84.5 cm³/mol. The van der Waals surface area contributed by atoms with Gasteiger partial charge in [0.1, 0.15) is 0 Å². The summed E-state index contributed by atoms with van der Waals surface area (Å²) < 4.78 is 2.25. The molecule has 5 heteroatoms. The third kappa shape index (κ3) is 2.75. The van der Waals surface area contributed by atoms with Crippen LogP contribution in [0.5, 0.6) is 0 Å². The number of hydrogen-bond acceptors (Lipinski definition) is 4. The highest BCUT2D eigenvalue weighted by Crippen LogP contribution is 2.21. The summed E-state index contributed by atoms with van der Waals surface area (Å²) in [5.74, 6) is 0.808. The van der Waals surface area contributed by atoms with E-state index in [4.69, 9.17) is 0 Å². The van der Waals surface area contributed by atoms with Crippen LogP contribution in [0.25, 0.3) is 4.96 Å². The molecule has 0 aliphatic carbocycles. The topological polar surface area (TPSA) is 32.6 Å². The van der Waals surface area contributed by atoms with Crippen LogP contribution in [0.4, 0.5) is 0 Å². The van der Waals surface area contributed by atoms with Crippen LogP contribution in [0.15, 0.2) is 6.20 Å². The SMILES string of the molecule is CCN1CC[C@@H](CNCc2c(C)nc3sc(C)cn23)C1. The molecule has 2 aromatic rings. The van der Waals surface area contributed by atoms with Gasteiger partial charge < -0.3 is 10.2 Å². The predicted octanol–water partition coefficient (Wildman–Crippen LogP) is 2.44. The molecule has 0 spiro atoms. The Bertz CT molecular complexity index is 586. The standard InChI is InChI=1S/C15H24N4S/c1-4-18-6-5-13(10-18)7-16-8-14-12(3)17-15-19(14)9-11(2)20-15/h9,13,16H,4-8,10H2,1-3H3/t13-/m0/s1. The number of rotatable bonds is 5. The van der Waals surface area contributed by atoms with Crippen LogP contribution in [-0.2, 0) is 6.54 Å². The molecule has 4 nitrogen and oxygen atoms in total. The van der Waals surface area contributed by atoms with Crippen molar-refractivity contribution >= 4 is 16.3 Å². The Morgan fingerprint density at radius 3 is 3.05 bits per heavy atom. The largest absolute Gasteiger partial charge is 0.311 e. The first-order valence-electron chi connectivity index (χ1n) is 7.54. The minimum absolute atomic E-state index is 0.808. The molecule has 0 unspecified atom stereocenters. The third-order valence-electron chi connectivity index (χ3n) is 4.28. The Hall–Kier alpha value is -0.910. The van der Waals surface area contributed by atoms with E-state index in [1.54, 1.807) is 11.3 Å². The zero-order valence-electron chi connectivity index (χ0n) is 12.6.